The Morgan fingerprint density at radius 3 is 2.84 bits per heavy atom. The van der Waals surface area contributed by atoms with Gasteiger partial charge in [0.05, 0.1) is 25.2 Å². The van der Waals surface area contributed by atoms with Crippen LogP contribution in [0.15, 0.2) is 30.3 Å². The van der Waals surface area contributed by atoms with Gasteiger partial charge in [-0.15, -0.1) is 0 Å². The topological polar surface area (TPSA) is 49.8 Å². The number of morpholine rings is 1. The first-order chi connectivity index (χ1) is 9.26. The molecule has 0 spiro atoms. The Kier molecular flexibility index (Phi) is 4.93. The Balaban J connectivity index is 2.08. The monoisotopic (exact) mass is 263 g/mol. The number of benzene rings is 1. The highest BCUT2D eigenvalue weighted by Crippen LogP contribution is 2.23. The maximum absolute atomic E-state index is 12.6. The van der Waals surface area contributed by atoms with E-state index in [4.69, 9.17) is 9.84 Å². The largest absolute Gasteiger partial charge is 0.394 e. The number of nitrogens with zero attached hydrogens (tertiary/aromatic N) is 1. The van der Waals surface area contributed by atoms with E-state index in [0.29, 0.717) is 19.7 Å². The van der Waals surface area contributed by atoms with Gasteiger partial charge in [0.25, 0.3) is 0 Å². The first-order valence-corrected chi connectivity index (χ1v) is 6.82. The smallest absolute Gasteiger partial charge is 0.230 e. The van der Waals surface area contributed by atoms with Gasteiger partial charge in [0.15, 0.2) is 0 Å². The van der Waals surface area contributed by atoms with Crippen molar-refractivity contribution >= 4 is 5.91 Å². The number of hydrogen-bond donors (Lipinski definition) is 1. The average molecular weight is 263 g/mol. The molecule has 4 nitrogen and oxygen atoms in total. The van der Waals surface area contributed by atoms with Crippen LogP contribution in [0, 0.1) is 0 Å². The van der Waals surface area contributed by atoms with Gasteiger partial charge in [0, 0.05) is 13.1 Å². The second-order valence-corrected chi connectivity index (χ2v) is 4.83. The second kappa shape index (κ2) is 6.68. The van der Waals surface area contributed by atoms with Gasteiger partial charge in [-0.2, -0.15) is 0 Å². The number of amides is 1. The number of carbonyl (C=O) groups excluding carboxylic acids is 1. The Morgan fingerprint density at radius 1 is 1.47 bits per heavy atom. The van der Waals surface area contributed by atoms with Gasteiger partial charge >= 0.3 is 0 Å². The summed E-state index contributed by atoms with van der Waals surface area (Å²) in [5.41, 5.74) is 1.06. The molecule has 1 fully saturated rings. The summed E-state index contributed by atoms with van der Waals surface area (Å²) in [4.78, 5) is 14.4. The van der Waals surface area contributed by atoms with Crippen LogP contribution in [0.5, 0.6) is 0 Å². The van der Waals surface area contributed by atoms with E-state index in [9.17, 15) is 4.79 Å². The van der Waals surface area contributed by atoms with E-state index < -0.39 is 0 Å². The minimum atomic E-state index is -0.244. The molecule has 1 heterocycles. The molecule has 1 amide bonds. The summed E-state index contributed by atoms with van der Waals surface area (Å²) in [5, 5.41) is 9.14. The van der Waals surface area contributed by atoms with Gasteiger partial charge < -0.3 is 14.7 Å². The van der Waals surface area contributed by atoms with Crippen LogP contribution in [0.1, 0.15) is 24.8 Å². The van der Waals surface area contributed by atoms with E-state index in [1.807, 2.05) is 42.2 Å². The van der Waals surface area contributed by atoms with Crippen molar-refractivity contribution in [2.75, 3.05) is 26.3 Å². The zero-order valence-corrected chi connectivity index (χ0v) is 11.3. The SMILES string of the molecule is CCC(C(=O)N1CCOC(CO)C1)c1ccccc1. The normalized spacial score (nSPS) is 21.2. The Bertz CT molecular complexity index is 407. The minimum Gasteiger partial charge on any atom is -0.394 e. The van der Waals surface area contributed by atoms with Gasteiger partial charge in [-0.25, -0.2) is 0 Å². The fourth-order valence-electron chi connectivity index (χ4n) is 2.49. The molecule has 0 aliphatic carbocycles. The third-order valence-corrected chi connectivity index (χ3v) is 3.56. The van der Waals surface area contributed by atoms with E-state index in [2.05, 4.69) is 0 Å². The number of rotatable bonds is 4. The molecule has 0 aromatic heterocycles. The molecule has 104 valence electrons. The second-order valence-electron chi connectivity index (χ2n) is 4.83. The molecule has 1 saturated heterocycles. The lowest BCUT2D eigenvalue weighted by Crippen LogP contribution is -2.48. The summed E-state index contributed by atoms with van der Waals surface area (Å²) in [7, 11) is 0. The molecule has 1 aromatic rings. The highest BCUT2D eigenvalue weighted by Gasteiger charge is 2.28. The maximum Gasteiger partial charge on any atom is 0.230 e. The minimum absolute atomic E-state index is 0.0358. The molecule has 0 radical (unpaired) electrons. The molecular weight excluding hydrogens is 242 g/mol. The molecular formula is C15H21NO3. The molecule has 19 heavy (non-hydrogen) atoms. The Morgan fingerprint density at radius 2 is 2.21 bits per heavy atom. The first-order valence-electron chi connectivity index (χ1n) is 6.82. The highest BCUT2D eigenvalue weighted by molar-refractivity contribution is 5.83. The zero-order valence-electron chi connectivity index (χ0n) is 11.3. The number of ether oxygens (including phenoxy) is 1. The summed E-state index contributed by atoms with van der Waals surface area (Å²) in [5.74, 6) is 0.0362. The van der Waals surface area contributed by atoms with Gasteiger partial charge in [0.2, 0.25) is 5.91 Å². The zero-order chi connectivity index (χ0) is 13.7. The fourth-order valence-corrected chi connectivity index (χ4v) is 2.49. The van der Waals surface area contributed by atoms with Crippen molar-refractivity contribution < 1.29 is 14.6 Å². The molecule has 0 bridgehead atoms. The quantitative estimate of drug-likeness (QED) is 0.893. The Labute approximate surface area is 114 Å². The third-order valence-electron chi connectivity index (χ3n) is 3.56. The predicted octanol–water partition coefficient (Wildman–Crippen LogP) is 1.40. The van der Waals surface area contributed by atoms with Crippen molar-refractivity contribution in [1.29, 1.82) is 0 Å². The highest BCUT2D eigenvalue weighted by atomic mass is 16.5. The molecule has 1 N–H and O–H groups in total. The summed E-state index contributed by atoms with van der Waals surface area (Å²) >= 11 is 0. The first kappa shape index (κ1) is 14.0. The lowest BCUT2D eigenvalue weighted by Gasteiger charge is -2.34. The van der Waals surface area contributed by atoms with Gasteiger partial charge in [-0.1, -0.05) is 37.3 Å². The van der Waals surface area contributed by atoms with Gasteiger partial charge in [-0.3, -0.25) is 4.79 Å². The molecule has 1 aromatic carbocycles. The standard InChI is InChI=1S/C15H21NO3/c1-2-14(12-6-4-3-5-7-12)15(18)16-8-9-19-13(10-16)11-17/h3-7,13-14,17H,2,8-11H2,1H3. The van der Waals surface area contributed by atoms with Gasteiger partial charge in [0.1, 0.15) is 0 Å². The molecule has 0 saturated carbocycles. The number of aliphatic hydroxyl groups is 1. The van der Waals surface area contributed by atoms with Crippen LogP contribution >= 0.6 is 0 Å². The van der Waals surface area contributed by atoms with E-state index in [1.54, 1.807) is 0 Å². The summed E-state index contributed by atoms with van der Waals surface area (Å²) in [6.45, 7) is 3.59. The van der Waals surface area contributed by atoms with Crippen LogP contribution < -0.4 is 0 Å². The van der Waals surface area contributed by atoms with Crippen molar-refractivity contribution in [2.45, 2.75) is 25.4 Å². The molecule has 1 aliphatic heterocycles. The van der Waals surface area contributed by atoms with E-state index in [1.165, 1.54) is 0 Å². The molecule has 2 rings (SSSR count). The maximum atomic E-state index is 12.6. The van der Waals surface area contributed by atoms with Crippen molar-refractivity contribution in [3.05, 3.63) is 35.9 Å². The van der Waals surface area contributed by atoms with Crippen LogP contribution in [-0.4, -0.2) is 48.3 Å². The van der Waals surface area contributed by atoms with Crippen LogP contribution in [0.2, 0.25) is 0 Å². The van der Waals surface area contributed by atoms with Crippen molar-refractivity contribution in [2.24, 2.45) is 0 Å². The fraction of sp³-hybridized carbons (Fsp3) is 0.533. The van der Waals surface area contributed by atoms with Crippen LogP contribution in [0.4, 0.5) is 0 Å². The predicted molar refractivity (Wildman–Crippen MR) is 72.9 cm³/mol. The Hall–Kier alpha value is -1.39. The summed E-state index contributed by atoms with van der Waals surface area (Å²) in [6, 6.07) is 9.87. The number of hydrogen-bond acceptors (Lipinski definition) is 3. The van der Waals surface area contributed by atoms with Crippen LogP contribution in [-0.2, 0) is 9.53 Å². The van der Waals surface area contributed by atoms with Crippen LogP contribution in [0.3, 0.4) is 0 Å². The molecule has 2 unspecified atom stereocenters. The lowest BCUT2D eigenvalue weighted by molar-refractivity contribution is -0.141. The molecule has 1 aliphatic rings. The molecule has 4 heteroatoms. The summed E-state index contributed by atoms with van der Waals surface area (Å²) in [6.07, 6.45) is 0.537. The third kappa shape index (κ3) is 3.33. The number of aliphatic hydroxyl groups excluding tert-OH is 1. The van der Waals surface area contributed by atoms with Crippen molar-refractivity contribution in [1.82, 2.24) is 4.90 Å². The van der Waals surface area contributed by atoms with E-state index >= 15 is 0 Å². The van der Waals surface area contributed by atoms with Gasteiger partial charge in [-0.05, 0) is 12.0 Å². The lowest BCUT2D eigenvalue weighted by atomic mass is 9.94. The summed E-state index contributed by atoms with van der Waals surface area (Å²) < 4.78 is 5.38. The van der Waals surface area contributed by atoms with E-state index in [0.717, 1.165) is 12.0 Å². The van der Waals surface area contributed by atoms with E-state index in [-0.39, 0.29) is 24.5 Å². The van der Waals surface area contributed by atoms with Crippen molar-refractivity contribution in [3.8, 4) is 0 Å². The number of carbonyl (C=O) groups is 1. The van der Waals surface area contributed by atoms with Crippen molar-refractivity contribution in [3.63, 3.8) is 0 Å². The average Bonchev–Trinajstić information content (AvgIpc) is 2.49. The van der Waals surface area contributed by atoms with Crippen LogP contribution in [0.25, 0.3) is 0 Å². The molecule has 2 atom stereocenters.